The summed E-state index contributed by atoms with van der Waals surface area (Å²) >= 11 is 1.39. The van der Waals surface area contributed by atoms with E-state index in [0.717, 1.165) is 16.8 Å². The summed E-state index contributed by atoms with van der Waals surface area (Å²) in [4.78, 5) is 31.5. The normalized spacial score (nSPS) is 15.5. The number of anilines is 1. The van der Waals surface area contributed by atoms with E-state index in [0.29, 0.717) is 36.1 Å². The number of carbonyl (C=O) groups excluding carboxylic acids is 2. The Balaban J connectivity index is 1.32. The molecule has 8 heteroatoms. The van der Waals surface area contributed by atoms with Gasteiger partial charge >= 0.3 is 0 Å². The number of likely N-dealkylation sites (tertiary alicyclic amines) is 1. The van der Waals surface area contributed by atoms with E-state index >= 15 is 0 Å². The average Bonchev–Trinajstić information content (AvgIpc) is 3.44. The van der Waals surface area contributed by atoms with E-state index in [1.54, 1.807) is 19.1 Å². The number of nitrogens with one attached hydrogen (secondary N) is 1. The molecule has 1 aliphatic heterocycles. The molecule has 1 fully saturated rings. The molecule has 0 radical (unpaired) electrons. The molecule has 33 heavy (non-hydrogen) atoms. The fraction of sp³-hybridized carbons (Fsp3) is 0.320. The van der Waals surface area contributed by atoms with Crippen LogP contribution in [0.5, 0.6) is 11.5 Å². The first-order valence-corrected chi connectivity index (χ1v) is 11.7. The summed E-state index contributed by atoms with van der Waals surface area (Å²) < 4.78 is 10.6. The summed E-state index contributed by atoms with van der Waals surface area (Å²) in [5.41, 5.74) is 4.06. The van der Waals surface area contributed by atoms with Crippen LogP contribution in [0.25, 0.3) is 11.3 Å². The van der Waals surface area contributed by atoms with Gasteiger partial charge in [0.15, 0.2) is 16.6 Å². The number of methoxy groups -OCH3 is 2. The van der Waals surface area contributed by atoms with Crippen LogP contribution in [0.1, 0.15) is 17.5 Å². The van der Waals surface area contributed by atoms with Crippen molar-refractivity contribution < 1.29 is 19.1 Å². The third-order valence-electron chi connectivity index (χ3n) is 5.79. The van der Waals surface area contributed by atoms with Crippen molar-refractivity contribution in [2.75, 3.05) is 32.6 Å². The van der Waals surface area contributed by atoms with Crippen molar-refractivity contribution in [3.63, 3.8) is 0 Å². The zero-order valence-electron chi connectivity index (χ0n) is 19.0. The fourth-order valence-electron chi connectivity index (χ4n) is 3.86. The van der Waals surface area contributed by atoms with Gasteiger partial charge in [0.25, 0.3) is 0 Å². The Morgan fingerprint density at radius 1 is 1.15 bits per heavy atom. The van der Waals surface area contributed by atoms with Crippen LogP contribution in [0, 0.1) is 12.8 Å². The first kappa shape index (κ1) is 22.8. The molecule has 0 bridgehead atoms. The highest BCUT2D eigenvalue weighted by molar-refractivity contribution is 7.14. The highest BCUT2D eigenvalue weighted by Crippen LogP contribution is 2.29. The molecule has 2 aromatic carbocycles. The van der Waals surface area contributed by atoms with Gasteiger partial charge in [-0.2, -0.15) is 0 Å². The number of rotatable bonds is 8. The van der Waals surface area contributed by atoms with Crippen LogP contribution in [0.15, 0.2) is 47.8 Å². The minimum Gasteiger partial charge on any atom is -0.493 e. The van der Waals surface area contributed by atoms with Gasteiger partial charge in [-0.1, -0.05) is 35.9 Å². The van der Waals surface area contributed by atoms with Gasteiger partial charge in [0.1, 0.15) is 0 Å². The Morgan fingerprint density at radius 2 is 1.91 bits per heavy atom. The lowest BCUT2D eigenvalue weighted by Crippen LogP contribution is -2.30. The van der Waals surface area contributed by atoms with Crippen molar-refractivity contribution in [3.8, 4) is 22.8 Å². The monoisotopic (exact) mass is 465 g/mol. The maximum Gasteiger partial charge on any atom is 0.231 e. The third kappa shape index (κ3) is 5.34. The number of benzene rings is 2. The number of thiazole rings is 1. The van der Waals surface area contributed by atoms with Crippen molar-refractivity contribution >= 4 is 28.3 Å². The van der Waals surface area contributed by atoms with Crippen molar-refractivity contribution in [1.82, 2.24) is 9.88 Å². The first-order chi connectivity index (χ1) is 16.0. The number of hydrogen-bond donors (Lipinski definition) is 1. The standard InChI is InChI=1S/C25H27N3O4S/c1-16-4-7-18(8-5-16)20-15-33-25(26-20)27-24(30)19-13-23(29)28(14-19)11-10-17-6-9-21(31-2)22(12-17)32-3/h4-9,12,15,19H,10-11,13-14H2,1-3H3,(H,26,27,30)/t19-/m0/s1. The molecular weight excluding hydrogens is 438 g/mol. The van der Waals surface area contributed by atoms with Gasteiger partial charge in [0.2, 0.25) is 11.8 Å². The van der Waals surface area contributed by atoms with Gasteiger partial charge in [0.05, 0.1) is 25.8 Å². The van der Waals surface area contributed by atoms with Gasteiger partial charge in [-0.15, -0.1) is 11.3 Å². The summed E-state index contributed by atoms with van der Waals surface area (Å²) in [6.07, 6.45) is 0.890. The highest BCUT2D eigenvalue weighted by atomic mass is 32.1. The van der Waals surface area contributed by atoms with Crippen LogP contribution in [0.4, 0.5) is 5.13 Å². The lowest BCUT2D eigenvalue weighted by molar-refractivity contribution is -0.128. The van der Waals surface area contributed by atoms with Gasteiger partial charge in [0, 0.05) is 30.5 Å². The number of aryl methyl sites for hydroxylation is 1. The topological polar surface area (TPSA) is 80.8 Å². The molecule has 7 nitrogen and oxygen atoms in total. The Labute approximate surface area is 197 Å². The summed E-state index contributed by atoms with van der Waals surface area (Å²) in [5, 5.41) is 5.36. The molecule has 2 amide bonds. The average molecular weight is 466 g/mol. The first-order valence-electron chi connectivity index (χ1n) is 10.8. The lowest BCUT2D eigenvalue weighted by atomic mass is 10.1. The number of amides is 2. The highest BCUT2D eigenvalue weighted by Gasteiger charge is 2.34. The van der Waals surface area contributed by atoms with E-state index in [-0.39, 0.29) is 24.2 Å². The van der Waals surface area contributed by atoms with E-state index < -0.39 is 0 Å². The number of ether oxygens (including phenoxy) is 2. The molecule has 0 aliphatic carbocycles. The molecule has 0 saturated carbocycles. The van der Waals surface area contributed by atoms with E-state index in [1.165, 1.54) is 16.9 Å². The summed E-state index contributed by atoms with van der Waals surface area (Å²) in [6.45, 7) is 3.00. The Kier molecular flexibility index (Phi) is 6.93. The molecular formula is C25H27N3O4S. The second-order valence-corrected chi connectivity index (χ2v) is 8.93. The number of carbonyl (C=O) groups is 2. The molecule has 0 spiro atoms. The quantitative estimate of drug-likeness (QED) is 0.540. The van der Waals surface area contributed by atoms with Crippen molar-refractivity contribution in [3.05, 3.63) is 59.0 Å². The summed E-state index contributed by atoms with van der Waals surface area (Å²) in [5.74, 6) is 0.780. The molecule has 1 aromatic heterocycles. The van der Waals surface area contributed by atoms with E-state index in [2.05, 4.69) is 10.3 Å². The molecule has 2 heterocycles. The number of aromatic nitrogens is 1. The SMILES string of the molecule is COc1ccc(CCN2C[C@@H](C(=O)Nc3nc(-c4ccc(C)cc4)cs3)CC2=O)cc1OC. The molecule has 1 atom stereocenters. The second kappa shape index (κ2) is 10.0. The molecule has 1 saturated heterocycles. The molecule has 172 valence electrons. The van der Waals surface area contributed by atoms with Crippen molar-refractivity contribution in [2.24, 2.45) is 5.92 Å². The van der Waals surface area contributed by atoms with Crippen LogP contribution < -0.4 is 14.8 Å². The third-order valence-corrected chi connectivity index (χ3v) is 6.54. The van der Waals surface area contributed by atoms with E-state index in [1.807, 2.05) is 54.8 Å². The number of nitrogens with zero attached hydrogens (tertiary/aromatic N) is 2. The van der Waals surface area contributed by atoms with Crippen LogP contribution >= 0.6 is 11.3 Å². The predicted octanol–water partition coefficient (Wildman–Crippen LogP) is 4.17. The van der Waals surface area contributed by atoms with Gasteiger partial charge < -0.3 is 19.7 Å². The smallest absolute Gasteiger partial charge is 0.231 e. The largest absolute Gasteiger partial charge is 0.493 e. The molecule has 3 aromatic rings. The van der Waals surface area contributed by atoms with E-state index in [4.69, 9.17) is 9.47 Å². The minimum atomic E-state index is -0.380. The summed E-state index contributed by atoms with van der Waals surface area (Å²) in [7, 11) is 3.20. The fourth-order valence-corrected chi connectivity index (χ4v) is 4.58. The maximum atomic E-state index is 12.8. The Morgan fingerprint density at radius 3 is 2.64 bits per heavy atom. The van der Waals surface area contributed by atoms with Crippen molar-refractivity contribution in [1.29, 1.82) is 0 Å². The van der Waals surface area contributed by atoms with Crippen LogP contribution in [-0.4, -0.2) is 49.0 Å². The summed E-state index contributed by atoms with van der Waals surface area (Å²) in [6, 6.07) is 13.8. The minimum absolute atomic E-state index is 0.00453. The van der Waals surface area contributed by atoms with E-state index in [9.17, 15) is 9.59 Å². The molecule has 1 N–H and O–H groups in total. The van der Waals surface area contributed by atoms with Crippen LogP contribution in [0.2, 0.25) is 0 Å². The predicted molar refractivity (Wildman–Crippen MR) is 129 cm³/mol. The second-order valence-electron chi connectivity index (χ2n) is 8.07. The molecule has 0 unspecified atom stereocenters. The lowest BCUT2D eigenvalue weighted by Gasteiger charge is -2.17. The maximum absolute atomic E-state index is 12.8. The molecule has 4 rings (SSSR count). The Bertz CT molecular complexity index is 1140. The van der Waals surface area contributed by atoms with Crippen LogP contribution in [0.3, 0.4) is 0 Å². The zero-order chi connectivity index (χ0) is 23.4. The van der Waals surface area contributed by atoms with Crippen LogP contribution in [-0.2, 0) is 16.0 Å². The van der Waals surface area contributed by atoms with Gasteiger partial charge in [-0.25, -0.2) is 4.98 Å². The Hall–Kier alpha value is -3.39. The van der Waals surface area contributed by atoms with Gasteiger partial charge in [-0.05, 0) is 31.0 Å². The molecule has 1 aliphatic rings. The van der Waals surface area contributed by atoms with Crippen molar-refractivity contribution in [2.45, 2.75) is 19.8 Å². The zero-order valence-corrected chi connectivity index (χ0v) is 19.8. The van der Waals surface area contributed by atoms with Gasteiger partial charge in [-0.3, -0.25) is 9.59 Å². The number of hydrogen-bond acceptors (Lipinski definition) is 6.